The van der Waals surface area contributed by atoms with Gasteiger partial charge in [-0.05, 0) is 31.0 Å². The second-order valence-corrected chi connectivity index (χ2v) is 4.61. The SMILES string of the molecule is COCCN(C(=O)c1cccc(C(=O)O)c1)C1CC1. The van der Waals surface area contributed by atoms with E-state index in [2.05, 4.69) is 0 Å². The molecule has 0 aromatic heterocycles. The number of aromatic carboxylic acids is 1. The molecular weight excluding hydrogens is 246 g/mol. The van der Waals surface area contributed by atoms with Crippen molar-refractivity contribution in [3.63, 3.8) is 0 Å². The molecule has 1 saturated carbocycles. The second kappa shape index (κ2) is 5.84. The Bertz CT molecular complexity index is 482. The van der Waals surface area contributed by atoms with E-state index in [4.69, 9.17) is 9.84 Å². The molecule has 0 aliphatic heterocycles. The number of hydrogen-bond acceptors (Lipinski definition) is 3. The number of nitrogens with zero attached hydrogens (tertiary/aromatic N) is 1. The van der Waals surface area contributed by atoms with E-state index in [0.29, 0.717) is 18.7 Å². The largest absolute Gasteiger partial charge is 0.478 e. The molecule has 1 aromatic rings. The van der Waals surface area contributed by atoms with Gasteiger partial charge in [0.25, 0.3) is 5.91 Å². The summed E-state index contributed by atoms with van der Waals surface area (Å²) in [4.78, 5) is 25.1. The number of benzene rings is 1. The van der Waals surface area contributed by atoms with Gasteiger partial charge in [0.15, 0.2) is 0 Å². The lowest BCUT2D eigenvalue weighted by atomic mass is 10.1. The Morgan fingerprint density at radius 2 is 2.05 bits per heavy atom. The van der Waals surface area contributed by atoms with Crippen molar-refractivity contribution >= 4 is 11.9 Å². The molecule has 0 atom stereocenters. The zero-order valence-electron chi connectivity index (χ0n) is 10.8. The van der Waals surface area contributed by atoms with Crippen LogP contribution in [0.4, 0.5) is 0 Å². The molecule has 1 aliphatic rings. The predicted octanol–water partition coefficient (Wildman–Crippen LogP) is 1.64. The van der Waals surface area contributed by atoms with Gasteiger partial charge in [-0.25, -0.2) is 4.79 Å². The third-order valence-electron chi connectivity index (χ3n) is 3.14. The van der Waals surface area contributed by atoms with Gasteiger partial charge >= 0.3 is 5.97 Å². The molecule has 1 N–H and O–H groups in total. The number of methoxy groups -OCH3 is 1. The van der Waals surface area contributed by atoms with Crippen LogP contribution in [0.3, 0.4) is 0 Å². The number of amides is 1. The zero-order valence-corrected chi connectivity index (χ0v) is 10.8. The summed E-state index contributed by atoms with van der Waals surface area (Å²) < 4.78 is 5.01. The summed E-state index contributed by atoms with van der Waals surface area (Å²) in [7, 11) is 1.60. The summed E-state index contributed by atoms with van der Waals surface area (Å²) in [5.74, 6) is -1.15. The van der Waals surface area contributed by atoms with Crippen molar-refractivity contribution in [2.24, 2.45) is 0 Å². The number of carboxylic acid groups (broad SMARTS) is 1. The fourth-order valence-corrected chi connectivity index (χ4v) is 1.98. The Balaban J connectivity index is 2.16. The fourth-order valence-electron chi connectivity index (χ4n) is 1.98. The molecule has 19 heavy (non-hydrogen) atoms. The smallest absolute Gasteiger partial charge is 0.335 e. The van der Waals surface area contributed by atoms with Crippen LogP contribution in [-0.2, 0) is 4.74 Å². The van der Waals surface area contributed by atoms with Gasteiger partial charge in [0.1, 0.15) is 0 Å². The fraction of sp³-hybridized carbons (Fsp3) is 0.429. The Kier molecular flexibility index (Phi) is 4.16. The topological polar surface area (TPSA) is 66.8 Å². The minimum absolute atomic E-state index is 0.123. The van der Waals surface area contributed by atoms with Crippen LogP contribution in [0.2, 0.25) is 0 Å². The van der Waals surface area contributed by atoms with Crippen molar-refractivity contribution < 1.29 is 19.4 Å². The van der Waals surface area contributed by atoms with Crippen LogP contribution in [0.5, 0.6) is 0 Å². The highest BCUT2D eigenvalue weighted by molar-refractivity contribution is 5.97. The first-order chi connectivity index (χ1) is 9.13. The van der Waals surface area contributed by atoms with Crippen LogP contribution in [0.1, 0.15) is 33.6 Å². The number of carbonyl (C=O) groups is 2. The minimum atomic E-state index is -1.02. The summed E-state index contributed by atoms with van der Waals surface area (Å²) in [5, 5.41) is 8.95. The van der Waals surface area contributed by atoms with Gasteiger partial charge in [0.2, 0.25) is 0 Å². The van der Waals surface area contributed by atoms with Gasteiger partial charge in [0.05, 0.1) is 12.2 Å². The molecule has 5 nitrogen and oxygen atoms in total. The van der Waals surface area contributed by atoms with E-state index >= 15 is 0 Å². The van der Waals surface area contributed by atoms with Gasteiger partial charge in [0, 0.05) is 25.3 Å². The van der Waals surface area contributed by atoms with E-state index in [9.17, 15) is 9.59 Å². The highest BCUT2D eigenvalue weighted by Crippen LogP contribution is 2.28. The van der Waals surface area contributed by atoms with Crippen LogP contribution in [0.25, 0.3) is 0 Å². The normalized spacial score (nSPS) is 14.2. The van der Waals surface area contributed by atoms with E-state index < -0.39 is 5.97 Å². The minimum Gasteiger partial charge on any atom is -0.478 e. The van der Waals surface area contributed by atoms with E-state index in [-0.39, 0.29) is 17.5 Å². The van der Waals surface area contributed by atoms with Gasteiger partial charge in [-0.15, -0.1) is 0 Å². The highest BCUT2D eigenvalue weighted by atomic mass is 16.5. The Morgan fingerprint density at radius 1 is 1.37 bits per heavy atom. The molecule has 1 aliphatic carbocycles. The first kappa shape index (κ1) is 13.5. The first-order valence-electron chi connectivity index (χ1n) is 6.26. The average molecular weight is 263 g/mol. The molecule has 0 saturated heterocycles. The lowest BCUT2D eigenvalue weighted by Gasteiger charge is -2.22. The Hall–Kier alpha value is -1.88. The van der Waals surface area contributed by atoms with Crippen molar-refractivity contribution in [3.8, 4) is 0 Å². The predicted molar refractivity (Wildman–Crippen MR) is 69.3 cm³/mol. The maximum Gasteiger partial charge on any atom is 0.335 e. The van der Waals surface area contributed by atoms with Gasteiger partial charge < -0.3 is 14.7 Å². The Labute approximate surface area is 111 Å². The lowest BCUT2D eigenvalue weighted by Crippen LogP contribution is -2.35. The van der Waals surface area contributed by atoms with E-state index in [1.165, 1.54) is 12.1 Å². The number of carboxylic acids is 1. The van der Waals surface area contributed by atoms with E-state index in [0.717, 1.165) is 12.8 Å². The van der Waals surface area contributed by atoms with Crippen molar-refractivity contribution in [1.29, 1.82) is 0 Å². The summed E-state index contributed by atoms with van der Waals surface area (Å²) in [6, 6.07) is 6.42. The number of rotatable bonds is 6. The van der Waals surface area contributed by atoms with Crippen LogP contribution in [0.15, 0.2) is 24.3 Å². The maximum atomic E-state index is 12.4. The molecule has 1 fully saturated rings. The highest BCUT2D eigenvalue weighted by Gasteiger charge is 2.32. The molecule has 0 unspecified atom stereocenters. The molecule has 102 valence electrons. The summed E-state index contributed by atoms with van der Waals surface area (Å²) in [5.41, 5.74) is 0.552. The summed E-state index contributed by atoms with van der Waals surface area (Å²) in [6.45, 7) is 1.03. The van der Waals surface area contributed by atoms with Crippen LogP contribution < -0.4 is 0 Å². The summed E-state index contributed by atoms with van der Waals surface area (Å²) in [6.07, 6.45) is 2.02. The van der Waals surface area contributed by atoms with Gasteiger partial charge in [-0.2, -0.15) is 0 Å². The average Bonchev–Trinajstić information content (AvgIpc) is 3.23. The van der Waals surface area contributed by atoms with Crippen LogP contribution in [-0.4, -0.2) is 48.2 Å². The molecule has 0 radical (unpaired) electrons. The number of carbonyl (C=O) groups excluding carboxylic acids is 1. The third kappa shape index (κ3) is 3.32. The molecule has 5 heteroatoms. The first-order valence-corrected chi connectivity index (χ1v) is 6.26. The van der Waals surface area contributed by atoms with Crippen molar-refractivity contribution in [3.05, 3.63) is 35.4 Å². The van der Waals surface area contributed by atoms with Gasteiger partial charge in [-0.1, -0.05) is 6.07 Å². The standard InChI is InChI=1S/C14H17NO4/c1-19-8-7-15(12-5-6-12)13(16)10-3-2-4-11(9-10)14(17)18/h2-4,9,12H,5-8H2,1H3,(H,17,18). The zero-order chi connectivity index (χ0) is 13.8. The summed E-state index contributed by atoms with van der Waals surface area (Å²) >= 11 is 0. The number of ether oxygens (including phenoxy) is 1. The van der Waals surface area contributed by atoms with Crippen molar-refractivity contribution in [2.75, 3.05) is 20.3 Å². The monoisotopic (exact) mass is 263 g/mol. The van der Waals surface area contributed by atoms with Crippen LogP contribution in [0, 0.1) is 0 Å². The molecule has 1 amide bonds. The molecular formula is C14H17NO4. The molecule has 0 spiro atoms. The van der Waals surface area contributed by atoms with E-state index in [1.54, 1.807) is 24.1 Å². The molecule has 0 heterocycles. The maximum absolute atomic E-state index is 12.4. The lowest BCUT2D eigenvalue weighted by molar-refractivity contribution is 0.0680. The third-order valence-corrected chi connectivity index (χ3v) is 3.14. The quantitative estimate of drug-likeness (QED) is 0.847. The Morgan fingerprint density at radius 3 is 2.63 bits per heavy atom. The second-order valence-electron chi connectivity index (χ2n) is 4.61. The number of hydrogen-bond donors (Lipinski definition) is 1. The van der Waals surface area contributed by atoms with Crippen LogP contribution >= 0.6 is 0 Å². The van der Waals surface area contributed by atoms with Crippen molar-refractivity contribution in [2.45, 2.75) is 18.9 Å². The van der Waals surface area contributed by atoms with Crippen molar-refractivity contribution in [1.82, 2.24) is 4.90 Å². The molecule has 1 aromatic carbocycles. The van der Waals surface area contributed by atoms with Gasteiger partial charge in [-0.3, -0.25) is 4.79 Å². The van der Waals surface area contributed by atoms with E-state index in [1.807, 2.05) is 0 Å². The molecule has 2 rings (SSSR count). The molecule has 0 bridgehead atoms.